The number of hydrogen-bond donors (Lipinski definition) is 2. The molecule has 38 heavy (non-hydrogen) atoms. The van der Waals surface area contributed by atoms with E-state index in [1.165, 1.54) is 31.4 Å². The number of non-ortho nitro benzene ring substituents is 1. The number of hydrogen-bond acceptors (Lipinski definition) is 10. The molecule has 1 fully saturated rings. The van der Waals surface area contributed by atoms with Crippen LogP contribution in [0, 0.1) is 10.1 Å². The molecule has 2 aromatic rings. The van der Waals surface area contributed by atoms with Gasteiger partial charge in [0.25, 0.3) is 17.5 Å². The minimum absolute atomic E-state index is 0.121. The van der Waals surface area contributed by atoms with Gasteiger partial charge in [-0.2, -0.15) is 0 Å². The largest absolute Gasteiger partial charge is 0.509 e. The van der Waals surface area contributed by atoms with Gasteiger partial charge in [-0.25, -0.2) is 4.79 Å². The predicted octanol–water partition coefficient (Wildman–Crippen LogP) is 2.87. The maximum Gasteiger partial charge on any atom is 0.358 e. The Morgan fingerprint density at radius 3 is 2.47 bits per heavy atom. The Balaban J connectivity index is 1.70. The Hall–Kier alpha value is -3.62. The smallest absolute Gasteiger partial charge is 0.358 e. The third-order valence-corrected chi connectivity index (χ3v) is 6.91. The minimum atomic E-state index is -1.01. The average molecular weight is 610 g/mol. The fourth-order valence-electron chi connectivity index (χ4n) is 3.37. The number of β-lactam (4-membered cyclic amide) rings is 1. The van der Waals surface area contributed by atoms with Crippen molar-refractivity contribution in [2.45, 2.75) is 18.0 Å². The number of rotatable bonds is 13. The molecule has 0 bridgehead atoms. The van der Waals surface area contributed by atoms with Crippen LogP contribution in [0.15, 0.2) is 66.1 Å². The zero-order chi connectivity index (χ0) is 27.7. The van der Waals surface area contributed by atoms with Crippen LogP contribution in [0.4, 0.5) is 5.69 Å². The van der Waals surface area contributed by atoms with E-state index >= 15 is 0 Å². The highest BCUT2D eigenvalue weighted by Crippen LogP contribution is 2.35. The number of para-hydroxylation sites is 1. The minimum Gasteiger partial charge on any atom is -0.509 e. The molecule has 12 nitrogen and oxygen atoms in total. The number of halogens is 1. The van der Waals surface area contributed by atoms with Crippen LogP contribution < -0.4 is 10.1 Å². The van der Waals surface area contributed by atoms with Crippen molar-refractivity contribution in [3.63, 3.8) is 0 Å². The number of benzene rings is 2. The molecular formula is C24H24BrN3O9S. The van der Waals surface area contributed by atoms with Crippen molar-refractivity contribution in [2.24, 2.45) is 0 Å². The molecule has 1 aliphatic heterocycles. The van der Waals surface area contributed by atoms with Gasteiger partial charge in [-0.1, -0.05) is 34.1 Å². The number of esters is 1. The fraction of sp³-hybridized carbons (Fsp3) is 0.292. The lowest BCUT2D eigenvalue weighted by atomic mass is 10.1. The Morgan fingerprint density at radius 2 is 1.87 bits per heavy atom. The lowest BCUT2D eigenvalue weighted by molar-refractivity contribution is -0.384. The van der Waals surface area contributed by atoms with Gasteiger partial charge in [-0.15, -0.1) is 11.8 Å². The van der Waals surface area contributed by atoms with Crippen molar-refractivity contribution in [3.8, 4) is 5.75 Å². The Bertz CT molecular complexity index is 1190. The number of likely N-dealkylation sites (tertiary alicyclic amines) is 1. The van der Waals surface area contributed by atoms with Crippen LogP contribution in [0.5, 0.6) is 5.75 Å². The number of aliphatic hydroxyl groups excluding tert-OH is 1. The van der Waals surface area contributed by atoms with Crippen molar-refractivity contribution < 1.29 is 38.6 Å². The number of nitrogens with one attached hydrogen (secondary N) is 1. The number of nitrogens with zero attached hydrogens (tertiary/aromatic N) is 2. The molecule has 2 unspecified atom stereocenters. The molecule has 1 heterocycles. The van der Waals surface area contributed by atoms with Gasteiger partial charge in [-0.3, -0.25) is 24.6 Å². The van der Waals surface area contributed by atoms with Crippen LogP contribution >= 0.6 is 27.7 Å². The normalized spacial score (nSPS) is 17.2. The topological polar surface area (TPSA) is 158 Å². The second kappa shape index (κ2) is 13.8. The van der Waals surface area contributed by atoms with E-state index in [-0.39, 0.29) is 30.2 Å². The monoisotopic (exact) mass is 609 g/mol. The number of carbonyl (C=O) groups excluding carboxylic acids is 3. The molecule has 202 valence electrons. The van der Waals surface area contributed by atoms with E-state index in [1.54, 1.807) is 30.3 Å². The van der Waals surface area contributed by atoms with Crippen molar-refractivity contribution in [1.82, 2.24) is 10.2 Å². The summed E-state index contributed by atoms with van der Waals surface area (Å²) in [6, 6.07) is 13.0. The summed E-state index contributed by atoms with van der Waals surface area (Å²) >= 11 is 4.21. The third-order valence-electron chi connectivity index (χ3n) is 5.18. The van der Waals surface area contributed by atoms with E-state index < -0.39 is 45.6 Å². The highest BCUT2D eigenvalue weighted by atomic mass is 79.9. The predicted molar refractivity (Wildman–Crippen MR) is 140 cm³/mol. The Labute approximate surface area is 230 Å². The van der Waals surface area contributed by atoms with E-state index in [0.717, 1.165) is 16.7 Å². The van der Waals surface area contributed by atoms with E-state index in [1.807, 2.05) is 0 Å². The number of aliphatic hydroxyl groups is 1. The average Bonchev–Trinajstić information content (AvgIpc) is 2.93. The van der Waals surface area contributed by atoms with Gasteiger partial charge in [0.05, 0.1) is 16.2 Å². The fourth-order valence-corrected chi connectivity index (χ4v) is 4.65. The van der Waals surface area contributed by atoms with Crippen LogP contribution in [-0.4, -0.2) is 69.1 Å². The van der Waals surface area contributed by atoms with Gasteiger partial charge in [-0.05, 0) is 29.8 Å². The highest BCUT2D eigenvalue weighted by molar-refractivity contribution is 9.09. The number of amides is 2. The van der Waals surface area contributed by atoms with Gasteiger partial charge in [0.15, 0.2) is 12.3 Å². The number of nitro benzene ring substituents is 1. The first kappa shape index (κ1) is 28.9. The van der Waals surface area contributed by atoms with Gasteiger partial charge in [0, 0.05) is 19.2 Å². The van der Waals surface area contributed by atoms with Gasteiger partial charge < -0.3 is 24.6 Å². The molecule has 2 atom stereocenters. The van der Waals surface area contributed by atoms with E-state index in [0.29, 0.717) is 11.3 Å². The zero-order valence-corrected chi connectivity index (χ0v) is 22.5. The SMILES string of the molecule is COCSC1C(NC(=O)COc2ccccc2)C(=O)N1/C(C(=O)OCc1ccc([N+](=O)[O-])cc1)=C(\O)CBr. The van der Waals surface area contributed by atoms with Crippen LogP contribution in [0.2, 0.25) is 0 Å². The molecule has 1 saturated heterocycles. The lowest BCUT2D eigenvalue weighted by Crippen LogP contribution is -2.70. The summed E-state index contributed by atoms with van der Waals surface area (Å²) in [7, 11) is 1.45. The van der Waals surface area contributed by atoms with E-state index in [9.17, 15) is 29.6 Å². The van der Waals surface area contributed by atoms with Crippen molar-refractivity contribution in [3.05, 3.63) is 81.7 Å². The maximum atomic E-state index is 13.1. The van der Waals surface area contributed by atoms with Crippen molar-refractivity contribution in [2.75, 3.05) is 25.0 Å². The number of allylic oxidation sites excluding steroid dienone is 1. The van der Waals surface area contributed by atoms with Crippen LogP contribution in [0.1, 0.15) is 5.56 Å². The first-order valence-corrected chi connectivity index (χ1v) is 13.2. The number of alkyl halides is 1. The highest BCUT2D eigenvalue weighted by Gasteiger charge is 2.52. The summed E-state index contributed by atoms with van der Waals surface area (Å²) < 4.78 is 15.8. The molecule has 14 heteroatoms. The Kier molecular flexibility index (Phi) is 10.5. The van der Waals surface area contributed by atoms with E-state index in [4.69, 9.17) is 14.2 Å². The Morgan fingerprint density at radius 1 is 1.18 bits per heavy atom. The van der Waals surface area contributed by atoms with E-state index in [2.05, 4.69) is 21.2 Å². The summed E-state index contributed by atoms with van der Waals surface area (Å²) in [4.78, 5) is 49.8. The van der Waals surface area contributed by atoms with Crippen molar-refractivity contribution >= 4 is 51.2 Å². The summed E-state index contributed by atoms with van der Waals surface area (Å²) in [5.74, 6) is -2.02. The van der Waals surface area contributed by atoms with Gasteiger partial charge in [0.1, 0.15) is 29.5 Å². The molecule has 0 saturated carbocycles. The summed E-state index contributed by atoms with van der Waals surface area (Å²) in [5.41, 5.74) is -0.0529. The number of carbonyl (C=O) groups is 3. The first-order chi connectivity index (χ1) is 18.3. The van der Waals surface area contributed by atoms with Crippen molar-refractivity contribution in [1.29, 1.82) is 0 Å². The molecule has 2 amide bonds. The number of nitro groups is 1. The lowest BCUT2D eigenvalue weighted by Gasteiger charge is -2.46. The molecule has 0 radical (unpaired) electrons. The van der Waals surface area contributed by atoms with Gasteiger partial charge >= 0.3 is 5.97 Å². The number of methoxy groups -OCH3 is 1. The summed E-state index contributed by atoms with van der Waals surface area (Å²) in [6.07, 6.45) is 0. The molecule has 0 aliphatic carbocycles. The molecule has 1 aliphatic rings. The summed E-state index contributed by atoms with van der Waals surface area (Å²) in [6.45, 7) is -0.590. The molecular weight excluding hydrogens is 586 g/mol. The quantitative estimate of drug-likeness (QED) is 0.0505. The molecule has 3 rings (SSSR count). The summed E-state index contributed by atoms with van der Waals surface area (Å²) in [5, 5.41) is 23.0. The molecule has 2 aromatic carbocycles. The first-order valence-electron chi connectivity index (χ1n) is 11.1. The molecule has 2 N–H and O–H groups in total. The maximum absolute atomic E-state index is 13.1. The molecule has 0 aromatic heterocycles. The van der Waals surface area contributed by atoms with Gasteiger partial charge in [0.2, 0.25) is 0 Å². The van der Waals surface area contributed by atoms with Crippen LogP contribution in [-0.2, 0) is 30.5 Å². The number of ether oxygens (including phenoxy) is 3. The second-order valence-corrected chi connectivity index (χ2v) is 9.36. The third kappa shape index (κ3) is 7.24. The zero-order valence-electron chi connectivity index (χ0n) is 20.1. The van der Waals surface area contributed by atoms with Crippen LogP contribution in [0.25, 0.3) is 0 Å². The number of thioether (sulfide) groups is 1. The second-order valence-electron chi connectivity index (χ2n) is 7.75. The molecule has 0 spiro atoms. The standard InChI is InChI=1S/C24H24BrN3O9S/c1-35-14-38-23-20(26-19(30)13-36-17-5-3-2-4-6-17)22(31)27(23)21(18(29)11-25)24(32)37-12-15-7-9-16(10-8-15)28(33)34/h2-10,20,23,29H,11-14H2,1H3,(H,26,30)/b21-18-. The van der Waals surface area contributed by atoms with Crippen LogP contribution in [0.3, 0.4) is 0 Å².